The van der Waals surface area contributed by atoms with Crippen molar-refractivity contribution in [3.8, 4) is 5.75 Å². The van der Waals surface area contributed by atoms with Gasteiger partial charge in [-0.2, -0.15) is 0 Å². The molecule has 220 valence electrons. The summed E-state index contributed by atoms with van der Waals surface area (Å²) >= 11 is 0. The Labute approximate surface area is 236 Å². The minimum atomic E-state index is -1.41. The smallest absolute Gasteiger partial charge is 0.410 e. The van der Waals surface area contributed by atoms with E-state index in [0.29, 0.717) is 60.4 Å². The van der Waals surface area contributed by atoms with Gasteiger partial charge in [0.05, 0.1) is 6.33 Å². The molecule has 5 rings (SSSR count). The van der Waals surface area contributed by atoms with Gasteiger partial charge in [0, 0.05) is 31.7 Å². The van der Waals surface area contributed by atoms with Crippen LogP contribution in [-0.2, 0) is 16.0 Å². The maximum atomic E-state index is 12.5. The van der Waals surface area contributed by atoms with Crippen LogP contribution in [0.25, 0.3) is 11.2 Å². The standard InChI is InChI=1S/C27H36N8O6/c1-2-30-25(38)22-20(36)21(37)26(41-22)35-14-31-19-23(29)32-18(33-24(19)35)5-3-4-15-10-12-34(13-11-15)27(39)40-17-8-6-16(28)7-9-17/h6-9,14-15,20-22,26,36-37H,2-5,10-13,28H2,1H3,(H,30,38)(H2,29,32,33)/t20?,21-,22-,26+/m0/s1. The van der Waals surface area contributed by atoms with Crippen LogP contribution in [-0.4, -0.2) is 84.6 Å². The number of nitrogens with two attached hydrogens (primary N) is 2. The number of carbonyl (C=O) groups is 2. The highest BCUT2D eigenvalue weighted by Crippen LogP contribution is 2.32. The first-order valence-electron chi connectivity index (χ1n) is 13.9. The summed E-state index contributed by atoms with van der Waals surface area (Å²) in [6, 6.07) is 6.73. The second-order valence-electron chi connectivity index (χ2n) is 10.4. The van der Waals surface area contributed by atoms with Crippen LogP contribution < -0.4 is 21.5 Å². The largest absolute Gasteiger partial charge is 0.415 e. The highest BCUT2D eigenvalue weighted by molar-refractivity contribution is 5.83. The number of nitrogens with zero attached hydrogens (tertiary/aromatic N) is 5. The SMILES string of the molecule is CCNC(=O)[C@H]1O[C@@H](n2cnc3c(N)nc(CCCC4CCN(C(=O)Oc5ccc(N)cc5)CC4)nc32)[C@@H](O)C1O. The molecule has 7 N–H and O–H groups in total. The molecule has 2 saturated heterocycles. The van der Waals surface area contributed by atoms with Crippen LogP contribution in [0.4, 0.5) is 16.3 Å². The number of fused-ring (bicyclic) bond motifs is 1. The number of aryl methyl sites for hydroxylation is 1. The zero-order valence-electron chi connectivity index (χ0n) is 22.8. The fourth-order valence-electron chi connectivity index (χ4n) is 5.32. The number of rotatable bonds is 8. The number of likely N-dealkylation sites (tertiary alicyclic amines) is 1. The minimum Gasteiger partial charge on any atom is -0.410 e. The van der Waals surface area contributed by atoms with Crippen molar-refractivity contribution in [2.45, 2.75) is 63.6 Å². The van der Waals surface area contributed by atoms with Crippen molar-refractivity contribution < 1.29 is 29.3 Å². The van der Waals surface area contributed by atoms with Crippen molar-refractivity contribution in [2.24, 2.45) is 5.92 Å². The van der Waals surface area contributed by atoms with E-state index in [4.69, 9.17) is 20.9 Å². The van der Waals surface area contributed by atoms with Crippen molar-refractivity contribution in [1.29, 1.82) is 0 Å². The second-order valence-corrected chi connectivity index (χ2v) is 10.4. The van der Waals surface area contributed by atoms with E-state index >= 15 is 0 Å². The average Bonchev–Trinajstić information content (AvgIpc) is 3.51. The molecule has 2 fully saturated rings. The number of aliphatic hydroxyl groups is 2. The molecule has 3 aromatic rings. The van der Waals surface area contributed by atoms with Gasteiger partial charge < -0.3 is 41.4 Å². The van der Waals surface area contributed by atoms with Gasteiger partial charge >= 0.3 is 6.09 Å². The fraction of sp³-hybridized carbons (Fsp3) is 0.519. The maximum Gasteiger partial charge on any atom is 0.415 e. The number of nitrogen functional groups attached to an aromatic ring is 2. The van der Waals surface area contributed by atoms with E-state index in [-0.39, 0.29) is 11.9 Å². The molecule has 1 unspecified atom stereocenters. The van der Waals surface area contributed by atoms with Crippen molar-refractivity contribution in [1.82, 2.24) is 29.7 Å². The number of imidazole rings is 1. The number of hydrogen-bond donors (Lipinski definition) is 5. The number of carbonyl (C=O) groups excluding carboxylic acids is 2. The van der Waals surface area contributed by atoms with E-state index < -0.39 is 30.4 Å². The minimum absolute atomic E-state index is 0.199. The highest BCUT2D eigenvalue weighted by Gasteiger charge is 2.47. The van der Waals surface area contributed by atoms with Crippen molar-refractivity contribution in [3.63, 3.8) is 0 Å². The molecule has 0 aliphatic carbocycles. The molecular formula is C27H36N8O6. The van der Waals surface area contributed by atoms with Gasteiger partial charge in [0.15, 0.2) is 23.8 Å². The molecule has 4 atom stereocenters. The topological polar surface area (TPSA) is 204 Å². The summed E-state index contributed by atoms with van der Waals surface area (Å²) in [6.45, 7) is 3.37. The molecule has 0 spiro atoms. The second kappa shape index (κ2) is 12.2. The Bertz CT molecular complexity index is 1370. The molecule has 41 heavy (non-hydrogen) atoms. The molecular weight excluding hydrogens is 532 g/mol. The average molecular weight is 569 g/mol. The third-order valence-electron chi connectivity index (χ3n) is 7.59. The van der Waals surface area contributed by atoms with Gasteiger partial charge in [-0.3, -0.25) is 9.36 Å². The first kappa shape index (κ1) is 28.5. The number of hydrogen-bond acceptors (Lipinski definition) is 11. The first-order valence-corrected chi connectivity index (χ1v) is 13.9. The Kier molecular flexibility index (Phi) is 8.52. The number of anilines is 2. The number of piperidine rings is 1. The van der Waals surface area contributed by atoms with Crippen LogP contribution in [0, 0.1) is 5.92 Å². The van der Waals surface area contributed by atoms with E-state index in [9.17, 15) is 19.8 Å². The summed E-state index contributed by atoms with van der Waals surface area (Å²) in [7, 11) is 0. The molecule has 0 saturated carbocycles. The number of amides is 2. The molecule has 2 amide bonds. The maximum absolute atomic E-state index is 12.5. The molecule has 14 nitrogen and oxygen atoms in total. The van der Waals surface area contributed by atoms with E-state index in [1.807, 2.05) is 0 Å². The van der Waals surface area contributed by atoms with Crippen LogP contribution in [0.5, 0.6) is 5.75 Å². The molecule has 0 bridgehead atoms. The molecule has 2 aliphatic heterocycles. The number of nitrogens with one attached hydrogen (secondary N) is 1. The molecule has 1 aromatic carbocycles. The Morgan fingerprint density at radius 2 is 1.85 bits per heavy atom. The number of aliphatic hydroxyl groups excluding tert-OH is 2. The molecule has 2 aliphatic rings. The number of ether oxygens (including phenoxy) is 2. The van der Waals surface area contributed by atoms with Gasteiger partial charge in [0.25, 0.3) is 5.91 Å². The van der Waals surface area contributed by atoms with Gasteiger partial charge in [-0.15, -0.1) is 0 Å². The Morgan fingerprint density at radius 1 is 1.12 bits per heavy atom. The van der Waals surface area contributed by atoms with Crippen LogP contribution in [0.3, 0.4) is 0 Å². The zero-order valence-corrected chi connectivity index (χ0v) is 22.8. The van der Waals surface area contributed by atoms with Gasteiger partial charge in [0.1, 0.15) is 29.3 Å². The lowest BCUT2D eigenvalue weighted by Crippen LogP contribution is -2.42. The zero-order chi connectivity index (χ0) is 29.1. The van der Waals surface area contributed by atoms with Crippen LogP contribution in [0.2, 0.25) is 0 Å². The monoisotopic (exact) mass is 568 g/mol. The predicted octanol–water partition coefficient (Wildman–Crippen LogP) is 0.980. The van der Waals surface area contributed by atoms with Crippen molar-refractivity contribution in [2.75, 3.05) is 31.1 Å². The summed E-state index contributed by atoms with van der Waals surface area (Å²) < 4.78 is 12.6. The third kappa shape index (κ3) is 6.19. The molecule has 14 heteroatoms. The fourth-order valence-corrected chi connectivity index (χ4v) is 5.32. The molecule has 4 heterocycles. The summed E-state index contributed by atoms with van der Waals surface area (Å²) in [5.74, 6) is 1.14. The third-order valence-corrected chi connectivity index (χ3v) is 7.59. The quantitative estimate of drug-likeness (QED) is 0.242. The van der Waals surface area contributed by atoms with E-state index in [1.165, 1.54) is 10.9 Å². The number of benzene rings is 1. The Hall–Kier alpha value is -4.01. The van der Waals surface area contributed by atoms with E-state index in [0.717, 1.165) is 25.7 Å². The van der Waals surface area contributed by atoms with Crippen LogP contribution in [0.15, 0.2) is 30.6 Å². The summed E-state index contributed by atoms with van der Waals surface area (Å²) in [5, 5.41) is 23.6. The highest BCUT2D eigenvalue weighted by atomic mass is 16.6. The predicted molar refractivity (Wildman–Crippen MR) is 148 cm³/mol. The lowest BCUT2D eigenvalue weighted by Gasteiger charge is -2.31. The van der Waals surface area contributed by atoms with Gasteiger partial charge in [0.2, 0.25) is 0 Å². The lowest BCUT2D eigenvalue weighted by molar-refractivity contribution is -0.137. The van der Waals surface area contributed by atoms with Crippen molar-refractivity contribution >= 4 is 34.7 Å². The summed E-state index contributed by atoms with van der Waals surface area (Å²) in [6.07, 6.45) is 0.0570. The Morgan fingerprint density at radius 3 is 2.56 bits per heavy atom. The van der Waals surface area contributed by atoms with Gasteiger partial charge in [-0.05, 0) is 62.8 Å². The van der Waals surface area contributed by atoms with E-state index in [2.05, 4.69) is 20.3 Å². The molecule has 0 radical (unpaired) electrons. The van der Waals surface area contributed by atoms with E-state index in [1.54, 1.807) is 36.1 Å². The molecule has 2 aromatic heterocycles. The van der Waals surface area contributed by atoms with Gasteiger partial charge in [-0.1, -0.05) is 0 Å². The van der Waals surface area contributed by atoms with Gasteiger partial charge in [-0.25, -0.2) is 19.7 Å². The Balaban J connectivity index is 1.16. The normalized spacial score (nSPS) is 23.1. The lowest BCUT2D eigenvalue weighted by atomic mass is 9.91. The number of likely N-dealkylation sites (N-methyl/N-ethyl adjacent to an activating group) is 1. The first-order chi connectivity index (χ1) is 19.7. The van der Waals surface area contributed by atoms with Crippen LogP contribution in [0.1, 0.15) is 44.7 Å². The van der Waals surface area contributed by atoms with Crippen molar-refractivity contribution in [3.05, 3.63) is 36.4 Å². The summed E-state index contributed by atoms with van der Waals surface area (Å²) in [4.78, 5) is 39.8. The summed E-state index contributed by atoms with van der Waals surface area (Å²) in [5.41, 5.74) is 13.2. The van der Waals surface area contributed by atoms with Crippen LogP contribution >= 0.6 is 0 Å². The number of aromatic nitrogens is 4.